The summed E-state index contributed by atoms with van der Waals surface area (Å²) in [5.41, 5.74) is 0.914. The fraction of sp³-hybridized carbons (Fsp3) is 0.667. The van der Waals surface area contributed by atoms with E-state index in [9.17, 15) is 9.90 Å². The van der Waals surface area contributed by atoms with Gasteiger partial charge in [0.25, 0.3) is 0 Å². The third-order valence-corrected chi connectivity index (χ3v) is 4.05. The van der Waals surface area contributed by atoms with E-state index in [1.54, 1.807) is 30.4 Å². The van der Waals surface area contributed by atoms with Crippen LogP contribution in [0.5, 0.6) is 0 Å². The Morgan fingerprint density at radius 3 is 2.56 bits per heavy atom. The van der Waals surface area contributed by atoms with Crippen molar-refractivity contribution in [1.29, 1.82) is 0 Å². The summed E-state index contributed by atoms with van der Waals surface area (Å²) in [5, 5.41) is 14.1. The van der Waals surface area contributed by atoms with E-state index in [4.69, 9.17) is 0 Å². The van der Waals surface area contributed by atoms with Crippen LogP contribution in [0.4, 0.5) is 0 Å². The van der Waals surface area contributed by atoms with E-state index >= 15 is 0 Å². The molecule has 1 rings (SSSR count). The van der Waals surface area contributed by atoms with Gasteiger partial charge in [-0.05, 0) is 20.0 Å². The highest BCUT2D eigenvalue weighted by atomic mass is 32.2. The van der Waals surface area contributed by atoms with Crippen LogP contribution in [-0.4, -0.2) is 51.1 Å². The van der Waals surface area contributed by atoms with Crippen molar-refractivity contribution in [3.05, 3.63) is 11.3 Å². The van der Waals surface area contributed by atoms with Crippen molar-refractivity contribution in [3.8, 4) is 0 Å². The number of hydrogen-bond acceptors (Lipinski definition) is 4. The third-order valence-electron chi connectivity index (χ3n) is 2.92. The summed E-state index contributed by atoms with van der Waals surface area (Å²) in [7, 11) is 1.79. The van der Waals surface area contributed by atoms with Crippen molar-refractivity contribution in [2.24, 2.45) is 7.05 Å². The lowest BCUT2D eigenvalue weighted by Crippen LogP contribution is -2.25. The van der Waals surface area contributed by atoms with Gasteiger partial charge in [0.1, 0.15) is 10.6 Å². The van der Waals surface area contributed by atoms with E-state index in [2.05, 4.69) is 23.8 Å². The predicted octanol–water partition coefficient (Wildman–Crippen LogP) is 1.86. The molecule has 18 heavy (non-hydrogen) atoms. The average Bonchev–Trinajstić information content (AvgIpc) is 2.59. The Bertz CT molecular complexity index is 414. The zero-order chi connectivity index (χ0) is 13.7. The first-order valence-corrected chi connectivity index (χ1v) is 7.11. The Labute approximate surface area is 112 Å². The van der Waals surface area contributed by atoms with Gasteiger partial charge < -0.3 is 10.0 Å². The molecule has 0 amide bonds. The van der Waals surface area contributed by atoms with Gasteiger partial charge in [-0.2, -0.15) is 5.10 Å². The molecule has 0 fully saturated rings. The molecular formula is C12H21N3O2S. The molecule has 0 bridgehead atoms. The summed E-state index contributed by atoms with van der Waals surface area (Å²) in [6, 6.07) is 0. The summed E-state index contributed by atoms with van der Waals surface area (Å²) in [6.45, 7) is 9.00. The molecule has 102 valence electrons. The average molecular weight is 271 g/mol. The number of carbonyl (C=O) groups is 1. The second-order valence-corrected chi connectivity index (χ2v) is 5.15. The molecule has 6 heteroatoms. The SMILES string of the molecule is CCN(CC)CCSc1c(C(=O)O)c(C)nn1C. The van der Waals surface area contributed by atoms with Gasteiger partial charge in [0.05, 0.1) is 5.69 Å². The highest BCUT2D eigenvalue weighted by molar-refractivity contribution is 7.99. The number of rotatable bonds is 7. The van der Waals surface area contributed by atoms with Crippen molar-refractivity contribution in [3.63, 3.8) is 0 Å². The van der Waals surface area contributed by atoms with Crippen LogP contribution < -0.4 is 0 Å². The van der Waals surface area contributed by atoms with Gasteiger partial charge in [-0.15, -0.1) is 11.8 Å². The van der Waals surface area contributed by atoms with Gasteiger partial charge >= 0.3 is 5.97 Å². The maximum Gasteiger partial charge on any atom is 0.340 e. The van der Waals surface area contributed by atoms with Crippen LogP contribution in [-0.2, 0) is 7.05 Å². The van der Waals surface area contributed by atoms with Crippen LogP contribution in [0.1, 0.15) is 29.9 Å². The third kappa shape index (κ3) is 3.49. The van der Waals surface area contributed by atoms with E-state index in [0.29, 0.717) is 11.3 Å². The van der Waals surface area contributed by atoms with Crippen molar-refractivity contribution in [1.82, 2.24) is 14.7 Å². The minimum atomic E-state index is -0.897. The Balaban J connectivity index is 2.70. The minimum Gasteiger partial charge on any atom is -0.478 e. The number of hydrogen-bond donors (Lipinski definition) is 1. The van der Waals surface area contributed by atoms with E-state index in [1.807, 2.05) is 0 Å². The van der Waals surface area contributed by atoms with Gasteiger partial charge in [0.15, 0.2) is 0 Å². The van der Waals surface area contributed by atoms with E-state index < -0.39 is 5.97 Å². The standard InChI is InChI=1S/C12H21N3O2S/c1-5-15(6-2)7-8-18-11-10(12(16)17)9(3)13-14(11)4/h5-8H2,1-4H3,(H,16,17). The summed E-state index contributed by atoms with van der Waals surface area (Å²) in [5.74, 6) is -0.0214. The number of carboxylic acid groups (broad SMARTS) is 1. The second-order valence-electron chi connectivity index (χ2n) is 4.07. The number of thioether (sulfide) groups is 1. The number of nitrogens with zero attached hydrogens (tertiary/aromatic N) is 3. The van der Waals surface area contributed by atoms with Gasteiger partial charge in [-0.25, -0.2) is 4.79 Å². The lowest BCUT2D eigenvalue weighted by Gasteiger charge is -2.17. The Morgan fingerprint density at radius 1 is 1.44 bits per heavy atom. The van der Waals surface area contributed by atoms with Crippen molar-refractivity contribution in [2.75, 3.05) is 25.4 Å². The Kier molecular flexibility index (Phi) is 5.68. The molecule has 0 spiro atoms. The Morgan fingerprint density at radius 2 is 2.06 bits per heavy atom. The van der Waals surface area contributed by atoms with Gasteiger partial charge in [0, 0.05) is 19.3 Å². The lowest BCUT2D eigenvalue weighted by molar-refractivity contribution is 0.0692. The normalized spacial score (nSPS) is 11.2. The van der Waals surface area contributed by atoms with Gasteiger partial charge in [0.2, 0.25) is 0 Å². The second kappa shape index (κ2) is 6.80. The highest BCUT2D eigenvalue weighted by Gasteiger charge is 2.19. The van der Waals surface area contributed by atoms with Gasteiger partial charge in [-0.1, -0.05) is 13.8 Å². The molecule has 1 aromatic heterocycles. The number of aromatic carboxylic acids is 1. The zero-order valence-corrected chi connectivity index (χ0v) is 12.3. The van der Waals surface area contributed by atoms with E-state index in [-0.39, 0.29) is 0 Å². The molecule has 5 nitrogen and oxygen atoms in total. The molecule has 0 atom stereocenters. The van der Waals surface area contributed by atoms with Crippen molar-refractivity contribution >= 4 is 17.7 Å². The number of aryl methyl sites for hydroxylation is 2. The number of aromatic nitrogens is 2. The molecule has 0 radical (unpaired) electrons. The van der Waals surface area contributed by atoms with E-state index in [0.717, 1.165) is 30.4 Å². The largest absolute Gasteiger partial charge is 0.478 e. The fourth-order valence-electron chi connectivity index (χ4n) is 1.86. The van der Waals surface area contributed by atoms with Crippen LogP contribution in [0.3, 0.4) is 0 Å². The van der Waals surface area contributed by atoms with Crippen molar-refractivity contribution < 1.29 is 9.90 Å². The maximum atomic E-state index is 11.2. The first-order chi connectivity index (χ1) is 8.51. The first-order valence-electron chi connectivity index (χ1n) is 6.13. The minimum absolute atomic E-state index is 0.335. The maximum absolute atomic E-state index is 11.2. The molecule has 1 N–H and O–H groups in total. The zero-order valence-electron chi connectivity index (χ0n) is 11.4. The Hall–Kier alpha value is -1.01. The molecule has 0 aliphatic carbocycles. The molecule has 0 aromatic carbocycles. The molecule has 1 aromatic rings. The predicted molar refractivity (Wildman–Crippen MR) is 73.4 cm³/mol. The van der Waals surface area contributed by atoms with Crippen LogP contribution in [0, 0.1) is 6.92 Å². The summed E-state index contributed by atoms with van der Waals surface area (Å²) in [4.78, 5) is 13.5. The smallest absolute Gasteiger partial charge is 0.340 e. The monoisotopic (exact) mass is 271 g/mol. The first kappa shape index (κ1) is 15.0. The molecule has 0 saturated carbocycles. The summed E-state index contributed by atoms with van der Waals surface area (Å²) < 4.78 is 1.66. The van der Waals surface area contributed by atoms with E-state index in [1.165, 1.54) is 0 Å². The molecule has 0 aliphatic rings. The molecular weight excluding hydrogens is 250 g/mol. The topological polar surface area (TPSA) is 58.4 Å². The van der Waals surface area contributed by atoms with Crippen LogP contribution in [0.15, 0.2) is 5.03 Å². The molecule has 0 aliphatic heterocycles. The summed E-state index contributed by atoms with van der Waals surface area (Å²) in [6.07, 6.45) is 0. The highest BCUT2D eigenvalue weighted by Crippen LogP contribution is 2.24. The summed E-state index contributed by atoms with van der Waals surface area (Å²) >= 11 is 1.56. The molecule has 0 saturated heterocycles. The number of carboxylic acids is 1. The van der Waals surface area contributed by atoms with Crippen LogP contribution in [0.2, 0.25) is 0 Å². The van der Waals surface area contributed by atoms with Crippen molar-refractivity contribution in [2.45, 2.75) is 25.8 Å². The quantitative estimate of drug-likeness (QED) is 0.767. The fourth-order valence-corrected chi connectivity index (χ4v) is 3.01. The van der Waals surface area contributed by atoms with Crippen LogP contribution >= 0.6 is 11.8 Å². The van der Waals surface area contributed by atoms with Crippen LogP contribution in [0.25, 0.3) is 0 Å². The molecule has 1 heterocycles. The molecule has 0 unspecified atom stereocenters. The van der Waals surface area contributed by atoms with Gasteiger partial charge in [-0.3, -0.25) is 4.68 Å². The lowest BCUT2D eigenvalue weighted by atomic mass is 10.3.